The van der Waals surface area contributed by atoms with Crippen LogP contribution in [-0.2, 0) is 6.54 Å². The molecule has 0 bridgehead atoms. The zero-order chi connectivity index (χ0) is 20.5. The third-order valence-electron chi connectivity index (χ3n) is 4.40. The molecule has 0 spiro atoms. The molecule has 6 nitrogen and oxygen atoms in total. The quantitative estimate of drug-likeness (QED) is 0.494. The van der Waals surface area contributed by atoms with Crippen molar-refractivity contribution in [3.05, 3.63) is 65.9 Å². The van der Waals surface area contributed by atoms with Gasteiger partial charge in [0.25, 0.3) is 5.91 Å². The molecule has 2 N–H and O–H groups in total. The van der Waals surface area contributed by atoms with E-state index in [0.717, 1.165) is 42.1 Å². The lowest BCUT2D eigenvalue weighted by atomic mass is 10.1. The van der Waals surface area contributed by atoms with Crippen molar-refractivity contribution in [3.63, 3.8) is 0 Å². The Bertz CT molecular complexity index is 919. The zero-order valence-corrected chi connectivity index (χ0v) is 16.9. The third-order valence-corrected chi connectivity index (χ3v) is 4.40. The molecule has 0 unspecified atom stereocenters. The third kappa shape index (κ3) is 5.85. The Morgan fingerprint density at radius 2 is 1.86 bits per heavy atom. The number of rotatable bonds is 10. The molecule has 0 radical (unpaired) electrons. The lowest BCUT2D eigenvalue weighted by molar-refractivity contribution is 0.0946. The van der Waals surface area contributed by atoms with E-state index in [1.54, 1.807) is 6.07 Å². The Kier molecular flexibility index (Phi) is 7.28. The number of aromatic nitrogens is 2. The summed E-state index contributed by atoms with van der Waals surface area (Å²) in [6, 6.07) is 17.2. The fourth-order valence-electron chi connectivity index (χ4n) is 2.83. The number of hydrogen-bond donors (Lipinski definition) is 2. The maximum Gasteiger partial charge on any atom is 0.269 e. The number of benzene rings is 2. The summed E-state index contributed by atoms with van der Waals surface area (Å²) in [4.78, 5) is 12.4. The first kappa shape index (κ1) is 20.5. The van der Waals surface area contributed by atoms with Crippen LogP contribution in [0.5, 0.6) is 11.5 Å². The minimum absolute atomic E-state index is 0.204. The predicted molar refractivity (Wildman–Crippen MR) is 113 cm³/mol. The van der Waals surface area contributed by atoms with Crippen LogP contribution in [0.25, 0.3) is 11.3 Å². The highest BCUT2D eigenvalue weighted by atomic mass is 16.5. The summed E-state index contributed by atoms with van der Waals surface area (Å²) in [6.07, 6.45) is 2.14. The van der Waals surface area contributed by atoms with Crippen LogP contribution in [0.2, 0.25) is 0 Å². The number of carbonyl (C=O) groups excluding carboxylic acids is 1. The summed E-state index contributed by atoms with van der Waals surface area (Å²) in [7, 11) is 0. The first-order chi connectivity index (χ1) is 14.2. The number of aromatic amines is 1. The average Bonchev–Trinajstić information content (AvgIpc) is 3.24. The molecule has 29 heavy (non-hydrogen) atoms. The largest absolute Gasteiger partial charge is 0.494 e. The lowest BCUT2D eigenvalue weighted by Gasteiger charge is -2.07. The molecule has 0 aliphatic heterocycles. The number of carbonyl (C=O) groups is 1. The van der Waals surface area contributed by atoms with Crippen LogP contribution in [0.15, 0.2) is 54.6 Å². The summed E-state index contributed by atoms with van der Waals surface area (Å²) in [5.41, 5.74) is 3.04. The molecule has 1 aromatic heterocycles. The van der Waals surface area contributed by atoms with E-state index in [4.69, 9.17) is 9.47 Å². The summed E-state index contributed by atoms with van der Waals surface area (Å²) in [5.74, 6) is 1.43. The molecule has 0 saturated heterocycles. The van der Waals surface area contributed by atoms with E-state index < -0.39 is 0 Å². The van der Waals surface area contributed by atoms with E-state index in [2.05, 4.69) is 22.4 Å². The highest BCUT2D eigenvalue weighted by molar-refractivity contribution is 5.93. The van der Waals surface area contributed by atoms with Gasteiger partial charge in [-0.05, 0) is 61.4 Å². The molecule has 3 rings (SSSR count). The minimum atomic E-state index is -0.204. The van der Waals surface area contributed by atoms with Gasteiger partial charge in [0.1, 0.15) is 17.2 Å². The predicted octanol–water partition coefficient (Wildman–Crippen LogP) is 4.58. The fraction of sp³-hybridized carbons (Fsp3) is 0.304. The number of ether oxygens (including phenoxy) is 2. The highest BCUT2D eigenvalue weighted by Crippen LogP contribution is 2.21. The van der Waals surface area contributed by atoms with E-state index in [-0.39, 0.29) is 5.91 Å². The Hall–Kier alpha value is -3.28. The molecule has 0 aliphatic carbocycles. The molecule has 0 saturated carbocycles. The standard InChI is InChI=1S/C23H27N3O3/c1-3-5-13-29-19-11-9-18(10-12-19)21-15-22(26-25-21)23(27)24-16-17-7-6-8-20(14-17)28-4-2/h6-12,14-15H,3-5,13,16H2,1-2H3,(H,24,27)(H,25,26). The van der Waals surface area contributed by atoms with Crippen molar-refractivity contribution < 1.29 is 14.3 Å². The van der Waals surface area contributed by atoms with Crippen molar-refractivity contribution >= 4 is 5.91 Å². The van der Waals surface area contributed by atoms with E-state index in [1.807, 2.05) is 55.5 Å². The van der Waals surface area contributed by atoms with Crippen LogP contribution >= 0.6 is 0 Å². The van der Waals surface area contributed by atoms with Gasteiger partial charge in [0.15, 0.2) is 0 Å². The summed E-state index contributed by atoms with van der Waals surface area (Å²) in [6.45, 7) is 5.82. The van der Waals surface area contributed by atoms with E-state index in [1.165, 1.54) is 0 Å². The van der Waals surface area contributed by atoms with Crippen LogP contribution < -0.4 is 14.8 Å². The van der Waals surface area contributed by atoms with Crippen LogP contribution in [0.3, 0.4) is 0 Å². The molecular formula is C23H27N3O3. The molecule has 2 aromatic carbocycles. The van der Waals surface area contributed by atoms with Gasteiger partial charge in [0.05, 0.1) is 18.9 Å². The minimum Gasteiger partial charge on any atom is -0.494 e. The Morgan fingerprint density at radius 1 is 1.03 bits per heavy atom. The number of nitrogens with one attached hydrogen (secondary N) is 2. The van der Waals surface area contributed by atoms with Crippen molar-refractivity contribution in [2.75, 3.05) is 13.2 Å². The maximum atomic E-state index is 12.4. The monoisotopic (exact) mass is 393 g/mol. The topological polar surface area (TPSA) is 76.2 Å². The van der Waals surface area contributed by atoms with Gasteiger partial charge in [-0.1, -0.05) is 25.5 Å². The number of H-pyrrole nitrogens is 1. The van der Waals surface area contributed by atoms with Gasteiger partial charge in [-0.25, -0.2) is 0 Å². The Morgan fingerprint density at radius 3 is 2.62 bits per heavy atom. The number of nitrogens with zero attached hydrogens (tertiary/aromatic N) is 1. The molecule has 0 aliphatic rings. The van der Waals surface area contributed by atoms with Crippen LogP contribution in [0, 0.1) is 0 Å². The summed E-state index contributed by atoms with van der Waals surface area (Å²) < 4.78 is 11.2. The molecule has 1 heterocycles. The molecule has 3 aromatic rings. The van der Waals surface area contributed by atoms with Gasteiger partial charge in [0.2, 0.25) is 0 Å². The fourth-order valence-corrected chi connectivity index (χ4v) is 2.83. The number of hydrogen-bond acceptors (Lipinski definition) is 4. The van der Waals surface area contributed by atoms with Crippen molar-refractivity contribution in [1.82, 2.24) is 15.5 Å². The summed E-state index contributed by atoms with van der Waals surface area (Å²) in [5, 5.41) is 9.97. The highest BCUT2D eigenvalue weighted by Gasteiger charge is 2.11. The van der Waals surface area contributed by atoms with Gasteiger partial charge in [-0.15, -0.1) is 0 Å². The van der Waals surface area contributed by atoms with Crippen molar-refractivity contribution in [2.45, 2.75) is 33.2 Å². The molecular weight excluding hydrogens is 366 g/mol. The van der Waals surface area contributed by atoms with Crippen molar-refractivity contribution in [2.24, 2.45) is 0 Å². The SMILES string of the molecule is CCCCOc1ccc(-c2cc(C(=O)NCc3cccc(OCC)c3)[nH]n2)cc1. The zero-order valence-electron chi connectivity index (χ0n) is 16.9. The van der Waals surface area contributed by atoms with Gasteiger partial charge in [0, 0.05) is 12.1 Å². The van der Waals surface area contributed by atoms with Gasteiger partial charge in [-0.2, -0.15) is 5.10 Å². The van der Waals surface area contributed by atoms with Gasteiger partial charge in [-0.3, -0.25) is 9.89 Å². The van der Waals surface area contributed by atoms with Crippen molar-refractivity contribution in [1.29, 1.82) is 0 Å². The van der Waals surface area contributed by atoms with E-state index >= 15 is 0 Å². The molecule has 0 fully saturated rings. The van der Waals surface area contributed by atoms with E-state index in [0.29, 0.717) is 24.5 Å². The summed E-state index contributed by atoms with van der Waals surface area (Å²) >= 11 is 0. The van der Waals surface area contributed by atoms with Crippen LogP contribution in [-0.4, -0.2) is 29.3 Å². The van der Waals surface area contributed by atoms with Crippen LogP contribution in [0.1, 0.15) is 42.7 Å². The molecule has 1 amide bonds. The Balaban J connectivity index is 1.57. The number of amides is 1. The smallest absolute Gasteiger partial charge is 0.269 e. The number of unbranched alkanes of at least 4 members (excludes halogenated alkanes) is 1. The molecule has 152 valence electrons. The Labute approximate surface area is 171 Å². The second-order valence-electron chi connectivity index (χ2n) is 6.66. The van der Waals surface area contributed by atoms with Gasteiger partial charge >= 0.3 is 0 Å². The molecule has 6 heteroatoms. The van der Waals surface area contributed by atoms with Crippen LogP contribution in [0.4, 0.5) is 0 Å². The van der Waals surface area contributed by atoms with E-state index in [9.17, 15) is 4.79 Å². The second-order valence-corrected chi connectivity index (χ2v) is 6.66. The lowest BCUT2D eigenvalue weighted by Crippen LogP contribution is -2.23. The first-order valence-corrected chi connectivity index (χ1v) is 9.98. The molecule has 0 atom stereocenters. The first-order valence-electron chi connectivity index (χ1n) is 9.98. The second kappa shape index (κ2) is 10.3. The van der Waals surface area contributed by atoms with Crippen molar-refractivity contribution in [3.8, 4) is 22.8 Å². The van der Waals surface area contributed by atoms with Gasteiger partial charge < -0.3 is 14.8 Å². The maximum absolute atomic E-state index is 12.4. The normalized spacial score (nSPS) is 10.6. The average molecular weight is 393 g/mol.